The number of rotatable bonds is 4. The topological polar surface area (TPSA) is 72.8 Å². The van der Waals surface area contributed by atoms with Gasteiger partial charge in [0, 0.05) is 0 Å². The lowest BCUT2D eigenvalue weighted by atomic mass is 10.0. The van der Waals surface area contributed by atoms with Crippen LogP contribution in [-0.2, 0) is 19.1 Å². The van der Waals surface area contributed by atoms with E-state index in [1.807, 2.05) is 0 Å². The molecule has 17 heavy (non-hydrogen) atoms. The van der Waals surface area contributed by atoms with E-state index in [2.05, 4.69) is 9.47 Å². The fourth-order valence-corrected chi connectivity index (χ4v) is 0.814. The lowest BCUT2D eigenvalue weighted by Gasteiger charge is -2.26. The van der Waals surface area contributed by atoms with E-state index in [0.29, 0.717) is 7.11 Å². The molecule has 0 heterocycles. The van der Waals surface area contributed by atoms with Crippen LogP contribution in [0.15, 0.2) is 0 Å². The highest BCUT2D eigenvalue weighted by molar-refractivity contribution is 6.04. The van der Waals surface area contributed by atoms with Crippen LogP contribution in [0.3, 0.4) is 0 Å². The average Bonchev–Trinajstić information content (AvgIpc) is 2.24. The number of ether oxygens (including phenoxy) is 2. The molecule has 0 radical (unpaired) electrons. The van der Waals surface area contributed by atoms with Gasteiger partial charge in [-0.1, -0.05) is 6.92 Å². The fourth-order valence-electron chi connectivity index (χ4n) is 0.814. The summed E-state index contributed by atoms with van der Waals surface area (Å²) in [6, 6.07) is 0. The maximum absolute atomic E-state index is 12.5. The average molecular weight is 258 g/mol. The van der Waals surface area contributed by atoms with Gasteiger partial charge in [-0.25, -0.2) is 9.59 Å². The highest BCUT2D eigenvalue weighted by atomic mass is 19.4. The summed E-state index contributed by atoms with van der Waals surface area (Å²) in [6.07, 6.45) is -6.13. The third-order valence-corrected chi connectivity index (χ3v) is 2.07. The molecule has 0 saturated heterocycles. The minimum absolute atomic E-state index is 0.237. The Hall–Kier alpha value is -1.31. The SMILES string of the molecule is CCC(C)OC(=O)C(O)(C(=O)OC)C(F)(F)F. The molecule has 2 atom stereocenters. The summed E-state index contributed by atoms with van der Waals surface area (Å²) in [7, 11) is 0.621. The Morgan fingerprint density at radius 1 is 1.29 bits per heavy atom. The Bertz CT molecular complexity index is 301. The van der Waals surface area contributed by atoms with Crippen molar-refractivity contribution in [3.63, 3.8) is 0 Å². The Morgan fingerprint density at radius 3 is 2.06 bits per heavy atom. The van der Waals surface area contributed by atoms with Crippen LogP contribution in [-0.4, -0.2) is 42.0 Å². The van der Waals surface area contributed by atoms with Crippen molar-refractivity contribution in [1.29, 1.82) is 0 Å². The predicted molar refractivity (Wildman–Crippen MR) is 48.9 cm³/mol. The highest BCUT2D eigenvalue weighted by Gasteiger charge is 2.68. The van der Waals surface area contributed by atoms with Gasteiger partial charge < -0.3 is 14.6 Å². The molecule has 0 aliphatic heterocycles. The molecule has 0 aromatic rings. The molecule has 1 N–H and O–H groups in total. The molecule has 0 spiro atoms. The second kappa shape index (κ2) is 5.35. The summed E-state index contributed by atoms with van der Waals surface area (Å²) in [5.41, 5.74) is -4.29. The van der Waals surface area contributed by atoms with Crippen molar-refractivity contribution in [3.05, 3.63) is 0 Å². The molecule has 0 aliphatic carbocycles. The van der Waals surface area contributed by atoms with Crippen LogP contribution in [0.1, 0.15) is 20.3 Å². The van der Waals surface area contributed by atoms with Gasteiger partial charge in [-0.15, -0.1) is 0 Å². The number of aliphatic hydroxyl groups is 1. The van der Waals surface area contributed by atoms with Gasteiger partial charge in [-0.2, -0.15) is 13.2 Å². The van der Waals surface area contributed by atoms with Gasteiger partial charge in [0.2, 0.25) is 0 Å². The van der Waals surface area contributed by atoms with Crippen molar-refractivity contribution in [1.82, 2.24) is 0 Å². The van der Waals surface area contributed by atoms with Crippen molar-refractivity contribution >= 4 is 11.9 Å². The maximum atomic E-state index is 12.5. The van der Waals surface area contributed by atoms with Crippen molar-refractivity contribution in [3.8, 4) is 0 Å². The van der Waals surface area contributed by atoms with E-state index in [4.69, 9.17) is 5.11 Å². The molecule has 0 rings (SSSR count). The first-order valence-corrected chi connectivity index (χ1v) is 4.69. The van der Waals surface area contributed by atoms with Crippen LogP contribution in [0.5, 0.6) is 0 Å². The van der Waals surface area contributed by atoms with Crippen molar-refractivity contribution in [2.45, 2.75) is 38.1 Å². The fraction of sp³-hybridized carbons (Fsp3) is 0.778. The smallest absolute Gasteiger partial charge is 0.439 e. The third kappa shape index (κ3) is 3.09. The Morgan fingerprint density at radius 2 is 1.76 bits per heavy atom. The molecule has 0 aliphatic rings. The summed E-state index contributed by atoms with van der Waals surface area (Å²) < 4.78 is 45.6. The molecule has 0 aromatic heterocycles. The van der Waals surface area contributed by atoms with E-state index < -0.39 is 29.8 Å². The van der Waals surface area contributed by atoms with E-state index in [9.17, 15) is 22.8 Å². The van der Waals surface area contributed by atoms with Crippen LogP contribution >= 0.6 is 0 Å². The van der Waals surface area contributed by atoms with E-state index >= 15 is 0 Å². The van der Waals surface area contributed by atoms with Gasteiger partial charge >= 0.3 is 23.7 Å². The zero-order chi connectivity index (χ0) is 13.9. The summed E-state index contributed by atoms with van der Waals surface area (Å²) >= 11 is 0. The highest BCUT2D eigenvalue weighted by Crippen LogP contribution is 2.33. The first kappa shape index (κ1) is 15.7. The minimum Gasteiger partial charge on any atom is -0.466 e. The first-order chi connectivity index (χ1) is 7.61. The number of carbonyl (C=O) groups excluding carboxylic acids is 2. The molecule has 5 nitrogen and oxygen atoms in total. The van der Waals surface area contributed by atoms with Gasteiger partial charge in [-0.05, 0) is 13.3 Å². The molecule has 0 fully saturated rings. The largest absolute Gasteiger partial charge is 0.466 e. The molecule has 8 heteroatoms. The summed E-state index contributed by atoms with van der Waals surface area (Å²) in [5, 5.41) is 9.16. The van der Waals surface area contributed by atoms with Gasteiger partial charge in [0.25, 0.3) is 0 Å². The number of hydrogen-bond donors (Lipinski definition) is 1. The number of alkyl halides is 3. The molecule has 0 aromatic carbocycles. The second-order valence-electron chi connectivity index (χ2n) is 3.32. The van der Waals surface area contributed by atoms with Gasteiger partial charge in [0.1, 0.15) is 0 Å². The molecule has 2 unspecified atom stereocenters. The standard InChI is InChI=1S/C9H13F3O5/c1-4-5(2)17-7(14)8(15,6(13)16-3)9(10,11)12/h5,15H,4H2,1-3H3. The van der Waals surface area contributed by atoms with Gasteiger partial charge in [-0.3, -0.25) is 0 Å². The zero-order valence-corrected chi connectivity index (χ0v) is 9.50. The molecule has 100 valence electrons. The maximum Gasteiger partial charge on any atom is 0.439 e. The number of esters is 2. The molecule has 0 saturated carbocycles. The van der Waals surface area contributed by atoms with E-state index in [0.717, 1.165) is 0 Å². The van der Waals surface area contributed by atoms with Crippen LogP contribution in [0.4, 0.5) is 13.2 Å². The van der Waals surface area contributed by atoms with Gasteiger partial charge in [0.15, 0.2) is 0 Å². The van der Waals surface area contributed by atoms with Crippen LogP contribution < -0.4 is 0 Å². The van der Waals surface area contributed by atoms with E-state index in [1.165, 1.54) is 6.92 Å². The molecule has 0 bridgehead atoms. The molecular formula is C9H13F3O5. The van der Waals surface area contributed by atoms with Crippen molar-refractivity contribution in [2.24, 2.45) is 0 Å². The quantitative estimate of drug-likeness (QED) is 0.596. The number of methoxy groups -OCH3 is 1. The lowest BCUT2D eigenvalue weighted by molar-refractivity contribution is -0.264. The monoisotopic (exact) mass is 258 g/mol. The first-order valence-electron chi connectivity index (χ1n) is 4.69. The van der Waals surface area contributed by atoms with Crippen molar-refractivity contribution in [2.75, 3.05) is 7.11 Å². The van der Waals surface area contributed by atoms with Crippen LogP contribution in [0.25, 0.3) is 0 Å². The van der Waals surface area contributed by atoms with Crippen molar-refractivity contribution < 1.29 is 37.3 Å². The number of hydrogen-bond acceptors (Lipinski definition) is 5. The third-order valence-electron chi connectivity index (χ3n) is 2.07. The van der Waals surface area contributed by atoms with E-state index in [-0.39, 0.29) is 6.42 Å². The summed E-state index contributed by atoms with van der Waals surface area (Å²) in [6.45, 7) is 2.88. The van der Waals surface area contributed by atoms with Crippen LogP contribution in [0, 0.1) is 0 Å². The normalized spacial score (nSPS) is 16.9. The Kier molecular flexibility index (Phi) is 4.94. The number of carbonyl (C=O) groups is 2. The number of halogens is 3. The molecule has 0 amide bonds. The minimum atomic E-state index is -5.51. The Labute approximate surface area is 95.5 Å². The summed E-state index contributed by atoms with van der Waals surface area (Å²) in [4.78, 5) is 22.1. The molecular weight excluding hydrogens is 245 g/mol. The zero-order valence-electron chi connectivity index (χ0n) is 9.50. The summed E-state index contributed by atoms with van der Waals surface area (Å²) in [5.74, 6) is -4.22. The second-order valence-corrected chi connectivity index (χ2v) is 3.32. The van der Waals surface area contributed by atoms with E-state index in [1.54, 1.807) is 6.92 Å². The predicted octanol–water partition coefficient (Wildman–Crippen LogP) is 0.794. The van der Waals surface area contributed by atoms with Crippen LogP contribution in [0.2, 0.25) is 0 Å². The Balaban J connectivity index is 5.21. The lowest BCUT2D eigenvalue weighted by Crippen LogP contribution is -2.59. The van der Waals surface area contributed by atoms with Gasteiger partial charge in [0.05, 0.1) is 13.2 Å².